The fraction of sp³-hybridized carbons (Fsp3) is 0.125. The van der Waals surface area contributed by atoms with Gasteiger partial charge in [0.15, 0.2) is 0 Å². The van der Waals surface area contributed by atoms with Crippen LogP contribution in [0.2, 0.25) is 0 Å². The van der Waals surface area contributed by atoms with Gasteiger partial charge in [-0.05, 0) is 12.5 Å². The molecule has 0 atom stereocenters. The van der Waals surface area contributed by atoms with E-state index in [0.717, 1.165) is 5.56 Å². The monoisotopic (exact) mass is 356 g/mol. The van der Waals surface area contributed by atoms with Crippen molar-refractivity contribution in [1.82, 2.24) is 19.9 Å². The van der Waals surface area contributed by atoms with E-state index in [1.165, 1.54) is 0 Å². The summed E-state index contributed by atoms with van der Waals surface area (Å²) in [6.07, 6.45) is 0. The molecule has 0 saturated carbocycles. The lowest BCUT2D eigenvalue weighted by molar-refractivity contribution is 0.433. The zero-order valence-corrected chi connectivity index (χ0v) is 13.6. The van der Waals surface area contributed by atoms with Crippen molar-refractivity contribution < 1.29 is 10.2 Å². The Morgan fingerprint density at radius 2 is 1.31 bits per heavy atom. The van der Waals surface area contributed by atoms with Crippen LogP contribution in [0.3, 0.4) is 0 Å². The summed E-state index contributed by atoms with van der Waals surface area (Å²) in [5.74, 6) is -3.04. The second-order valence-corrected chi connectivity index (χ2v) is 5.72. The Bertz CT molecular complexity index is 1020. The maximum Gasteiger partial charge on any atom is 0.260 e. The first kappa shape index (κ1) is 17.0. The lowest BCUT2D eigenvalue weighted by Gasteiger charge is -2.18. The molecular weight excluding hydrogens is 340 g/mol. The van der Waals surface area contributed by atoms with Gasteiger partial charge in [0, 0.05) is 0 Å². The Labute approximate surface area is 146 Å². The Morgan fingerprint density at radius 1 is 0.885 bits per heavy atom. The third kappa shape index (κ3) is 2.95. The number of aromatic nitrogens is 4. The van der Waals surface area contributed by atoms with Crippen molar-refractivity contribution in [3.63, 3.8) is 0 Å². The molecule has 3 rings (SSSR count). The van der Waals surface area contributed by atoms with Crippen molar-refractivity contribution in [2.45, 2.75) is 12.8 Å². The smallest absolute Gasteiger partial charge is 0.260 e. The summed E-state index contributed by atoms with van der Waals surface area (Å²) >= 11 is 0. The van der Waals surface area contributed by atoms with Crippen molar-refractivity contribution >= 4 is 11.9 Å². The van der Waals surface area contributed by atoms with Gasteiger partial charge in [0.25, 0.3) is 11.1 Å². The zero-order chi connectivity index (χ0) is 19.0. The van der Waals surface area contributed by atoms with Crippen LogP contribution in [0.5, 0.6) is 11.8 Å². The van der Waals surface area contributed by atoms with Crippen LogP contribution >= 0.6 is 0 Å². The quantitative estimate of drug-likeness (QED) is 0.376. The Kier molecular flexibility index (Phi) is 4.08. The second-order valence-electron chi connectivity index (χ2n) is 5.72. The number of hydrogen-bond acceptors (Lipinski definition) is 8. The number of nitrogen functional groups attached to an aromatic ring is 2. The van der Waals surface area contributed by atoms with Gasteiger partial charge < -0.3 is 21.7 Å². The van der Waals surface area contributed by atoms with Crippen molar-refractivity contribution in [2.24, 2.45) is 0 Å². The van der Waals surface area contributed by atoms with Crippen molar-refractivity contribution in [2.75, 3.05) is 11.5 Å². The predicted octanol–water partition coefficient (Wildman–Crippen LogP) is -0.0826. The van der Waals surface area contributed by atoms with Gasteiger partial charge in [0.1, 0.15) is 0 Å². The molecular formula is C16H16N6O4. The molecule has 2 aromatic heterocycles. The molecule has 8 N–H and O–H groups in total. The van der Waals surface area contributed by atoms with Gasteiger partial charge in [-0.15, -0.1) is 0 Å². The molecule has 3 aromatic rings. The van der Waals surface area contributed by atoms with E-state index in [9.17, 15) is 19.8 Å². The summed E-state index contributed by atoms with van der Waals surface area (Å²) in [6.45, 7) is 1.86. The molecule has 1 aromatic carbocycles. The lowest BCUT2D eigenvalue weighted by atomic mass is 9.86. The number of benzene rings is 1. The SMILES string of the molecule is Cc1ccc(C(c2c(O)nc(N)[nH]c2=O)c2c(O)nc(N)[nH]c2=O)cc1. The van der Waals surface area contributed by atoms with E-state index in [1.54, 1.807) is 24.3 Å². The summed E-state index contributed by atoms with van der Waals surface area (Å²) in [4.78, 5) is 36.7. The third-order valence-electron chi connectivity index (χ3n) is 3.89. The molecule has 0 radical (unpaired) electrons. The number of aryl methyl sites for hydroxylation is 1. The van der Waals surface area contributed by atoms with E-state index in [-0.39, 0.29) is 23.0 Å². The molecule has 0 amide bonds. The molecule has 0 bridgehead atoms. The Morgan fingerprint density at radius 3 is 1.69 bits per heavy atom. The van der Waals surface area contributed by atoms with Crippen LogP contribution in [0.25, 0.3) is 0 Å². The number of aromatic hydroxyl groups is 2. The van der Waals surface area contributed by atoms with E-state index >= 15 is 0 Å². The fourth-order valence-electron chi connectivity index (χ4n) is 2.73. The number of nitrogens with zero attached hydrogens (tertiary/aromatic N) is 2. The third-order valence-corrected chi connectivity index (χ3v) is 3.89. The number of H-pyrrole nitrogens is 2. The van der Waals surface area contributed by atoms with Gasteiger partial charge in [-0.2, -0.15) is 9.97 Å². The van der Waals surface area contributed by atoms with Gasteiger partial charge >= 0.3 is 0 Å². The number of rotatable bonds is 3. The minimum atomic E-state index is -1.15. The average molecular weight is 356 g/mol. The molecule has 0 aliphatic rings. The van der Waals surface area contributed by atoms with Crippen LogP contribution in [0.4, 0.5) is 11.9 Å². The molecule has 0 spiro atoms. The maximum absolute atomic E-state index is 12.4. The van der Waals surface area contributed by atoms with Crippen LogP contribution in [0.15, 0.2) is 33.9 Å². The van der Waals surface area contributed by atoms with Crippen molar-refractivity contribution in [3.8, 4) is 11.8 Å². The summed E-state index contributed by atoms with van der Waals surface area (Å²) in [7, 11) is 0. The largest absolute Gasteiger partial charge is 0.493 e. The molecule has 0 saturated heterocycles. The molecule has 0 fully saturated rings. The van der Waals surface area contributed by atoms with Gasteiger partial charge in [0.05, 0.1) is 17.0 Å². The van der Waals surface area contributed by atoms with Gasteiger partial charge in [0.2, 0.25) is 23.7 Å². The van der Waals surface area contributed by atoms with Crippen LogP contribution in [0, 0.1) is 6.92 Å². The molecule has 0 unspecified atom stereocenters. The summed E-state index contributed by atoms with van der Waals surface area (Å²) in [5, 5.41) is 20.4. The van der Waals surface area contributed by atoms with Gasteiger partial charge in [-0.3, -0.25) is 19.6 Å². The van der Waals surface area contributed by atoms with E-state index < -0.39 is 28.8 Å². The van der Waals surface area contributed by atoms with E-state index in [1.807, 2.05) is 6.92 Å². The highest BCUT2D eigenvalue weighted by Gasteiger charge is 2.30. The lowest BCUT2D eigenvalue weighted by Crippen LogP contribution is -2.26. The van der Waals surface area contributed by atoms with E-state index in [0.29, 0.717) is 5.56 Å². The molecule has 10 heteroatoms. The van der Waals surface area contributed by atoms with Crippen LogP contribution in [0.1, 0.15) is 28.2 Å². The number of hydrogen-bond donors (Lipinski definition) is 6. The standard InChI is InChI=1S/C16H16N6O4/c1-6-2-4-7(5-3-6)8(9-11(23)19-15(17)20-12(9)24)10-13(25)21-16(18)22-14(10)26/h2-5,8H,1H3,(H4,17,19,20,23,24)(H4,18,21,22,25,26). The van der Waals surface area contributed by atoms with E-state index in [4.69, 9.17) is 11.5 Å². The molecule has 2 heterocycles. The molecule has 134 valence electrons. The van der Waals surface area contributed by atoms with Gasteiger partial charge in [-0.25, -0.2) is 0 Å². The highest BCUT2D eigenvalue weighted by molar-refractivity contribution is 5.49. The van der Waals surface area contributed by atoms with Crippen molar-refractivity contribution in [1.29, 1.82) is 0 Å². The molecule has 0 aliphatic carbocycles. The van der Waals surface area contributed by atoms with Crippen LogP contribution < -0.4 is 22.6 Å². The summed E-state index contributed by atoms with van der Waals surface area (Å²) < 4.78 is 0. The fourth-order valence-corrected chi connectivity index (χ4v) is 2.73. The topological polar surface area (TPSA) is 184 Å². The number of aromatic amines is 2. The minimum absolute atomic E-state index is 0.254. The van der Waals surface area contributed by atoms with Gasteiger partial charge in [-0.1, -0.05) is 29.8 Å². The summed E-state index contributed by atoms with van der Waals surface area (Å²) in [5.41, 5.74) is 10.2. The zero-order valence-electron chi connectivity index (χ0n) is 13.6. The van der Waals surface area contributed by atoms with E-state index in [2.05, 4.69) is 19.9 Å². The molecule has 26 heavy (non-hydrogen) atoms. The first-order chi connectivity index (χ1) is 12.3. The first-order valence-corrected chi connectivity index (χ1v) is 7.51. The van der Waals surface area contributed by atoms with Crippen LogP contribution in [-0.4, -0.2) is 30.1 Å². The normalized spacial score (nSPS) is 11.0. The maximum atomic E-state index is 12.4. The number of nitrogens with one attached hydrogen (secondary N) is 2. The predicted molar refractivity (Wildman–Crippen MR) is 94.0 cm³/mol. The highest BCUT2D eigenvalue weighted by Crippen LogP contribution is 2.35. The Hall–Kier alpha value is -3.82. The number of nitrogens with two attached hydrogens (primary N) is 2. The highest BCUT2D eigenvalue weighted by atomic mass is 16.3. The average Bonchev–Trinajstić information content (AvgIpc) is 2.52. The first-order valence-electron chi connectivity index (χ1n) is 7.51. The summed E-state index contributed by atoms with van der Waals surface area (Å²) in [6, 6.07) is 6.83. The van der Waals surface area contributed by atoms with Crippen molar-refractivity contribution in [3.05, 3.63) is 67.2 Å². The minimum Gasteiger partial charge on any atom is -0.493 e. The number of anilines is 2. The van der Waals surface area contributed by atoms with Crippen LogP contribution in [-0.2, 0) is 0 Å². The second kappa shape index (κ2) is 6.24. The molecule has 0 aliphatic heterocycles. The Balaban J connectivity index is 2.38. The molecule has 10 nitrogen and oxygen atoms in total.